The zero-order valence-electron chi connectivity index (χ0n) is 10.6. The quantitative estimate of drug-likeness (QED) is 0.525. The van der Waals surface area contributed by atoms with Gasteiger partial charge in [-0.25, -0.2) is 0 Å². The Labute approximate surface area is 107 Å². The van der Waals surface area contributed by atoms with E-state index in [0.29, 0.717) is 19.4 Å². The number of esters is 1. The maximum Gasteiger partial charge on any atom is 0.305 e. The predicted molar refractivity (Wildman–Crippen MR) is 67.4 cm³/mol. The first-order valence-corrected chi connectivity index (χ1v) is 6.01. The highest BCUT2D eigenvalue weighted by atomic mass is 16.6. The molecule has 0 N–H and O–H groups in total. The van der Waals surface area contributed by atoms with Crippen LogP contribution in [-0.2, 0) is 14.3 Å². The molecule has 0 aliphatic carbocycles. The number of carbonyl (C=O) groups excluding carboxylic acids is 2. The fraction of sp³-hybridized carbons (Fsp3) is 0.429. The van der Waals surface area contributed by atoms with E-state index < -0.39 is 0 Å². The standard InChI is InChI=1S/C14H18O4/c1-12(15)6-5-9-14(16)18-11-10-17-13-7-3-2-4-8-13/h2-4,7-8H,5-6,9-11H2,1H3. The number of carbonyl (C=O) groups is 2. The van der Waals surface area contributed by atoms with Gasteiger partial charge in [0.15, 0.2) is 0 Å². The van der Waals surface area contributed by atoms with Gasteiger partial charge in [0, 0.05) is 12.8 Å². The molecule has 0 bridgehead atoms. The van der Waals surface area contributed by atoms with Crippen LogP contribution in [0.15, 0.2) is 30.3 Å². The van der Waals surface area contributed by atoms with E-state index in [4.69, 9.17) is 9.47 Å². The van der Waals surface area contributed by atoms with Crippen molar-refractivity contribution in [2.75, 3.05) is 13.2 Å². The normalized spacial score (nSPS) is 9.83. The number of para-hydroxylation sites is 1. The molecule has 0 fully saturated rings. The van der Waals surface area contributed by atoms with Crippen molar-refractivity contribution in [3.05, 3.63) is 30.3 Å². The topological polar surface area (TPSA) is 52.6 Å². The van der Waals surface area contributed by atoms with Crippen molar-refractivity contribution >= 4 is 11.8 Å². The minimum Gasteiger partial charge on any atom is -0.490 e. The van der Waals surface area contributed by atoms with E-state index in [1.807, 2.05) is 30.3 Å². The number of Topliss-reactive ketones (excluding diaryl/α,β-unsaturated/α-hetero) is 1. The summed E-state index contributed by atoms with van der Waals surface area (Å²) < 4.78 is 10.3. The Kier molecular flexibility index (Phi) is 6.54. The van der Waals surface area contributed by atoms with E-state index >= 15 is 0 Å². The Balaban J connectivity index is 2.04. The zero-order chi connectivity index (χ0) is 13.2. The summed E-state index contributed by atoms with van der Waals surface area (Å²) in [5, 5.41) is 0. The number of benzene rings is 1. The molecular formula is C14H18O4. The summed E-state index contributed by atoms with van der Waals surface area (Å²) in [4.78, 5) is 21.9. The third-order valence-corrected chi connectivity index (χ3v) is 2.27. The van der Waals surface area contributed by atoms with Crippen LogP contribution in [0, 0.1) is 0 Å². The van der Waals surface area contributed by atoms with Crippen LogP contribution in [0.1, 0.15) is 26.2 Å². The van der Waals surface area contributed by atoms with Gasteiger partial charge < -0.3 is 14.3 Å². The molecule has 0 aliphatic rings. The molecule has 0 amide bonds. The first-order chi connectivity index (χ1) is 8.68. The maximum atomic E-state index is 11.2. The van der Waals surface area contributed by atoms with Gasteiger partial charge in [-0.2, -0.15) is 0 Å². The minimum absolute atomic E-state index is 0.0928. The van der Waals surface area contributed by atoms with Crippen molar-refractivity contribution in [2.45, 2.75) is 26.2 Å². The van der Waals surface area contributed by atoms with Crippen molar-refractivity contribution in [1.82, 2.24) is 0 Å². The lowest BCUT2D eigenvalue weighted by molar-refractivity contribution is -0.144. The van der Waals surface area contributed by atoms with Crippen LogP contribution in [0.4, 0.5) is 0 Å². The molecule has 0 saturated carbocycles. The van der Waals surface area contributed by atoms with Crippen molar-refractivity contribution in [3.8, 4) is 5.75 Å². The molecule has 0 atom stereocenters. The van der Waals surface area contributed by atoms with Gasteiger partial charge in [-0.15, -0.1) is 0 Å². The molecule has 0 saturated heterocycles. The van der Waals surface area contributed by atoms with E-state index in [0.717, 1.165) is 5.75 Å². The van der Waals surface area contributed by atoms with Gasteiger partial charge in [0.1, 0.15) is 24.7 Å². The highest BCUT2D eigenvalue weighted by Gasteiger charge is 2.03. The van der Waals surface area contributed by atoms with Crippen LogP contribution >= 0.6 is 0 Å². The third-order valence-electron chi connectivity index (χ3n) is 2.27. The Morgan fingerprint density at radius 3 is 2.44 bits per heavy atom. The highest BCUT2D eigenvalue weighted by Crippen LogP contribution is 2.07. The average Bonchev–Trinajstić information content (AvgIpc) is 2.35. The molecular weight excluding hydrogens is 232 g/mol. The Hall–Kier alpha value is -1.84. The van der Waals surface area contributed by atoms with Crippen LogP contribution in [0.2, 0.25) is 0 Å². The second kappa shape index (κ2) is 8.28. The highest BCUT2D eigenvalue weighted by molar-refractivity contribution is 5.76. The molecule has 0 radical (unpaired) electrons. The van der Waals surface area contributed by atoms with Crippen LogP contribution in [-0.4, -0.2) is 25.0 Å². The molecule has 0 unspecified atom stereocenters. The molecule has 0 heterocycles. The van der Waals surface area contributed by atoms with E-state index in [1.165, 1.54) is 6.92 Å². The number of rotatable bonds is 8. The molecule has 1 aromatic carbocycles. The number of hydrogen-bond acceptors (Lipinski definition) is 4. The van der Waals surface area contributed by atoms with Crippen LogP contribution in [0.25, 0.3) is 0 Å². The number of hydrogen-bond donors (Lipinski definition) is 0. The lowest BCUT2D eigenvalue weighted by Crippen LogP contribution is -2.12. The van der Waals surface area contributed by atoms with Crippen LogP contribution in [0.5, 0.6) is 5.75 Å². The third kappa shape index (κ3) is 6.68. The first kappa shape index (κ1) is 14.2. The fourth-order valence-electron chi connectivity index (χ4n) is 1.39. The summed E-state index contributed by atoms with van der Waals surface area (Å²) in [6, 6.07) is 9.34. The Bertz CT molecular complexity index is 373. The van der Waals surface area contributed by atoms with Gasteiger partial charge in [0.05, 0.1) is 0 Å². The van der Waals surface area contributed by atoms with Gasteiger partial charge in [0.2, 0.25) is 0 Å². The fourth-order valence-corrected chi connectivity index (χ4v) is 1.39. The molecule has 0 aromatic heterocycles. The first-order valence-electron chi connectivity index (χ1n) is 6.01. The molecule has 18 heavy (non-hydrogen) atoms. The Morgan fingerprint density at radius 2 is 1.78 bits per heavy atom. The summed E-state index contributed by atoms with van der Waals surface area (Å²) in [5.74, 6) is 0.563. The van der Waals surface area contributed by atoms with Gasteiger partial charge in [0.25, 0.3) is 0 Å². The number of ether oxygens (including phenoxy) is 2. The van der Waals surface area contributed by atoms with Crippen molar-refractivity contribution in [2.24, 2.45) is 0 Å². The van der Waals surface area contributed by atoms with E-state index in [2.05, 4.69) is 0 Å². The largest absolute Gasteiger partial charge is 0.490 e. The smallest absolute Gasteiger partial charge is 0.305 e. The molecule has 4 nitrogen and oxygen atoms in total. The summed E-state index contributed by atoms with van der Waals surface area (Å²) in [5.41, 5.74) is 0. The van der Waals surface area contributed by atoms with Gasteiger partial charge >= 0.3 is 5.97 Å². The van der Waals surface area contributed by atoms with E-state index in [-0.39, 0.29) is 24.8 Å². The summed E-state index contributed by atoms with van der Waals surface area (Å²) >= 11 is 0. The van der Waals surface area contributed by atoms with Crippen molar-refractivity contribution in [3.63, 3.8) is 0 Å². The van der Waals surface area contributed by atoms with E-state index in [1.54, 1.807) is 0 Å². The lowest BCUT2D eigenvalue weighted by Gasteiger charge is -2.06. The SMILES string of the molecule is CC(=O)CCCC(=O)OCCOc1ccccc1. The van der Waals surface area contributed by atoms with Gasteiger partial charge in [-0.05, 0) is 25.5 Å². The maximum absolute atomic E-state index is 11.2. The predicted octanol–water partition coefficient (Wildman–Crippen LogP) is 2.37. The second-order valence-electron chi connectivity index (χ2n) is 3.94. The molecule has 98 valence electrons. The average molecular weight is 250 g/mol. The van der Waals surface area contributed by atoms with Crippen molar-refractivity contribution in [1.29, 1.82) is 0 Å². The lowest BCUT2D eigenvalue weighted by atomic mass is 10.2. The molecule has 0 spiro atoms. The molecule has 4 heteroatoms. The zero-order valence-corrected chi connectivity index (χ0v) is 10.6. The van der Waals surface area contributed by atoms with Crippen LogP contribution < -0.4 is 4.74 Å². The Morgan fingerprint density at radius 1 is 1.06 bits per heavy atom. The van der Waals surface area contributed by atoms with Crippen LogP contribution in [0.3, 0.4) is 0 Å². The van der Waals surface area contributed by atoms with Crippen molar-refractivity contribution < 1.29 is 19.1 Å². The molecule has 1 aromatic rings. The van der Waals surface area contributed by atoms with Gasteiger partial charge in [-0.3, -0.25) is 4.79 Å². The molecule has 0 aliphatic heterocycles. The summed E-state index contributed by atoms with van der Waals surface area (Å²) in [6.45, 7) is 2.08. The van der Waals surface area contributed by atoms with Gasteiger partial charge in [-0.1, -0.05) is 18.2 Å². The summed E-state index contributed by atoms with van der Waals surface area (Å²) in [7, 11) is 0. The monoisotopic (exact) mass is 250 g/mol. The second-order valence-corrected chi connectivity index (χ2v) is 3.94. The molecule has 1 rings (SSSR count). The number of ketones is 1. The van der Waals surface area contributed by atoms with E-state index in [9.17, 15) is 9.59 Å². The summed E-state index contributed by atoms with van der Waals surface area (Å²) in [6.07, 6.45) is 1.26. The minimum atomic E-state index is -0.284.